The molecule has 4 saturated carbocycles. The van der Waals surface area contributed by atoms with Crippen LogP contribution < -0.4 is 0 Å². The van der Waals surface area contributed by atoms with Gasteiger partial charge in [-0.15, -0.1) is 11.6 Å². The summed E-state index contributed by atoms with van der Waals surface area (Å²) in [6.07, 6.45) is 7.66. The molecule has 0 atom stereocenters. The van der Waals surface area contributed by atoms with Gasteiger partial charge in [0.1, 0.15) is 0 Å². The summed E-state index contributed by atoms with van der Waals surface area (Å²) in [4.78, 5) is 14.5. The highest BCUT2D eigenvalue weighted by atomic mass is 35.5. The summed E-state index contributed by atoms with van der Waals surface area (Å²) in [7, 11) is 1.92. The van der Waals surface area contributed by atoms with E-state index >= 15 is 0 Å². The Bertz CT molecular complexity index is 293. The summed E-state index contributed by atoms with van der Waals surface area (Å²) >= 11 is 5.75. The first-order chi connectivity index (χ1) is 8.13. The number of rotatable bonds is 3. The first-order valence-corrected chi connectivity index (χ1v) is 7.48. The molecule has 0 aromatic heterocycles. The number of halogens is 1. The number of hydrogen-bond donors (Lipinski definition) is 0. The molecule has 4 bridgehead atoms. The number of nitrogens with zero attached hydrogens (tertiary/aromatic N) is 1. The summed E-state index contributed by atoms with van der Waals surface area (Å²) in [5, 5.41) is 0. The summed E-state index contributed by atoms with van der Waals surface area (Å²) in [5.41, 5.74) is 0.00948. The zero-order valence-electron chi connectivity index (χ0n) is 10.6. The van der Waals surface area contributed by atoms with Crippen LogP contribution in [0.1, 0.15) is 38.5 Å². The van der Waals surface area contributed by atoms with E-state index in [1.165, 1.54) is 19.3 Å². The van der Waals surface area contributed by atoms with Crippen molar-refractivity contribution >= 4 is 17.5 Å². The Morgan fingerprint density at radius 1 is 1.18 bits per heavy atom. The van der Waals surface area contributed by atoms with E-state index in [0.717, 1.165) is 37.0 Å². The van der Waals surface area contributed by atoms with Gasteiger partial charge in [-0.2, -0.15) is 0 Å². The maximum atomic E-state index is 12.7. The average Bonchev–Trinajstić information content (AvgIpc) is 2.26. The maximum absolute atomic E-state index is 12.7. The van der Waals surface area contributed by atoms with Gasteiger partial charge in [0.05, 0.1) is 5.41 Å². The Morgan fingerprint density at radius 3 is 2.06 bits per heavy atom. The molecule has 0 radical (unpaired) electrons. The van der Waals surface area contributed by atoms with E-state index in [4.69, 9.17) is 11.6 Å². The summed E-state index contributed by atoms with van der Waals surface area (Å²) in [6.45, 7) is 0.697. The number of carbonyl (C=O) groups excluding carboxylic acids is 1. The van der Waals surface area contributed by atoms with Gasteiger partial charge in [0, 0.05) is 19.5 Å². The quantitative estimate of drug-likeness (QED) is 0.710. The van der Waals surface area contributed by atoms with Crippen LogP contribution in [-0.4, -0.2) is 30.3 Å². The number of alkyl halides is 1. The van der Waals surface area contributed by atoms with Crippen LogP contribution in [0.2, 0.25) is 0 Å². The zero-order valence-corrected chi connectivity index (χ0v) is 11.4. The van der Waals surface area contributed by atoms with E-state index in [1.54, 1.807) is 0 Å². The SMILES string of the molecule is CN(CCCl)C(=O)C12CC3CC(CC(C3)C1)C2. The highest BCUT2D eigenvalue weighted by molar-refractivity contribution is 6.18. The summed E-state index contributed by atoms with van der Waals surface area (Å²) < 4.78 is 0. The number of hydrogen-bond acceptors (Lipinski definition) is 1. The molecule has 4 aliphatic carbocycles. The third-order valence-electron chi connectivity index (χ3n) is 5.26. The predicted molar refractivity (Wildman–Crippen MR) is 69.0 cm³/mol. The normalized spacial score (nSPS) is 42.8. The van der Waals surface area contributed by atoms with Gasteiger partial charge in [-0.25, -0.2) is 0 Å². The molecule has 0 saturated heterocycles. The van der Waals surface area contributed by atoms with Gasteiger partial charge < -0.3 is 4.90 Å². The Kier molecular flexibility index (Phi) is 2.89. The molecule has 4 fully saturated rings. The Morgan fingerprint density at radius 2 is 1.65 bits per heavy atom. The Hall–Kier alpha value is -0.240. The lowest BCUT2D eigenvalue weighted by molar-refractivity contribution is -0.156. The third kappa shape index (κ3) is 1.89. The van der Waals surface area contributed by atoms with Gasteiger partial charge in [0.15, 0.2) is 0 Å². The molecule has 0 spiro atoms. The van der Waals surface area contributed by atoms with Crippen LogP contribution in [0.3, 0.4) is 0 Å². The van der Waals surface area contributed by atoms with Crippen molar-refractivity contribution in [3.8, 4) is 0 Å². The second-order valence-electron chi connectivity index (χ2n) is 6.61. The maximum Gasteiger partial charge on any atom is 0.228 e. The summed E-state index contributed by atoms with van der Waals surface area (Å²) in [6, 6.07) is 0. The molecular weight excluding hydrogens is 234 g/mol. The molecule has 1 amide bonds. The van der Waals surface area contributed by atoms with Gasteiger partial charge in [-0.1, -0.05) is 0 Å². The number of amides is 1. The van der Waals surface area contributed by atoms with Crippen molar-refractivity contribution in [1.82, 2.24) is 4.90 Å². The van der Waals surface area contributed by atoms with Gasteiger partial charge in [-0.3, -0.25) is 4.79 Å². The molecule has 0 unspecified atom stereocenters. The smallest absolute Gasteiger partial charge is 0.228 e. The molecule has 96 valence electrons. The second kappa shape index (κ2) is 4.15. The highest BCUT2D eigenvalue weighted by Gasteiger charge is 2.55. The van der Waals surface area contributed by atoms with Gasteiger partial charge in [0.25, 0.3) is 0 Å². The van der Waals surface area contributed by atoms with Crippen LogP contribution in [-0.2, 0) is 4.79 Å². The first-order valence-electron chi connectivity index (χ1n) is 6.94. The Labute approximate surface area is 109 Å². The molecule has 0 aromatic rings. The van der Waals surface area contributed by atoms with Gasteiger partial charge >= 0.3 is 0 Å². The van der Waals surface area contributed by atoms with E-state index in [9.17, 15) is 4.79 Å². The predicted octanol–water partition coefficient (Wildman–Crippen LogP) is 2.90. The van der Waals surface area contributed by atoms with Crippen molar-refractivity contribution in [2.45, 2.75) is 38.5 Å². The molecule has 4 aliphatic rings. The molecule has 0 aromatic carbocycles. The summed E-state index contributed by atoms with van der Waals surface area (Å²) in [5.74, 6) is 3.46. The lowest BCUT2D eigenvalue weighted by Gasteiger charge is -2.56. The van der Waals surface area contributed by atoms with Crippen molar-refractivity contribution in [3.05, 3.63) is 0 Å². The van der Waals surface area contributed by atoms with E-state index in [0.29, 0.717) is 18.3 Å². The lowest BCUT2D eigenvalue weighted by atomic mass is 9.49. The molecule has 0 heterocycles. The van der Waals surface area contributed by atoms with Crippen molar-refractivity contribution in [3.63, 3.8) is 0 Å². The zero-order chi connectivity index (χ0) is 12.0. The van der Waals surface area contributed by atoms with E-state index < -0.39 is 0 Å². The van der Waals surface area contributed by atoms with Crippen LogP contribution in [0.25, 0.3) is 0 Å². The third-order valence-corrected chi connectivity index (χ3v) is 5.43. The first kappa shape index (κ1) is 11.8. The van der Waals surface area contributed by atoms with Crippen molar-refractivity contribution in [1.29, 1.82) is 0 Å². The van der Waals surface area contributed by atoms with Crippen molar-refractivity contribution in [2.75, 3.05) is 19.5 Å². The molecule has 0 N–H and O–H groups in total. The van der Waals surface area contributed by atoms with Gasteiger partial charge in [-0.05, 0) is 56.3 Å². The molecular formula is C14H22ClNO. The molecule has 3 heteroatoms. The average molecular weight is 256 g/mol. The number of carbonyl (C=O) groups is 1. The minimum absolute atomic E-state index is 0.00948. The van der Waals surface area contributed by atoms with E-state index in [1.807, 2.05) is 11.9 Å². The molecule has 0 aliphatic heterocycles. The van der Waals surface area contributed by atoms with E-state index in [2.05, 4.69) is 0 Å². The van der Waals surface area contributed by atoms with Crippen molar-refractivity contribution < 1.29 is 4.79 Å². The molecule has 2 nitrogen and oxygen atoms in total. The fourth-order valence-corrected chi connectivity index (χ4v) is 5.26. The monoisotopic (exact) mass is 255 g/mol. The fraction of sp³-hybridized carbons (Fsp3) is 0.929. The topological polar surface area (TPSA) is 20.3 Å². The van der Waals surface area contributed by atoms with Crippen LogP contribution >= 0.6 is 11.6 Å². The van der Waals surface area contributed by atoms with Crippen LogP contribution in [0.4, 0.5) is 0 Å². The minimum Gasteiger partial charge on any atom is -0.344 e. The lowest BCUT2D eigenvalue weighted by Crippen LogP contribution is -2.54. The van der Waals surface area contributed by atoms with Crippen LogP contribution in [0.5, 0.6) is 0 Å². The fourth-order valence-electron chi connectivity index (χ4n) is 5.01. The highest BCUT2D eigenvalue weighted by Crippen LogP contribution is 2.60. The standard InChI is InChI=1S/C14H22ClNO/c1-16(3-2-15)13(17)14-7-10-4-11(8-14)6-12(5-10)9-14/h10-12H,2-9H2,1H3. The largest absolute Gasteiger partial charge is 0.344 e. The molecule has 17 heavy (non-hydrogen) atoms. The second-order valence-corrected chi connectivity index (χ2v) is 6.99. The van der Waals surface area contributed by atoms with E-state index in [-0.39, 0.29) is 5.41 Å². The van der Waals surface area contributed by atoms with Gasteiger partial charge in [0.2, 0.25) is 5.91 Å². The van der Waals surface area contributed by atoms with Crippen molar-refractivity contribution in [2.24, 2.45) is 23.2 Å². The minimum atomic E-state index is 0.00948. The van der Waals surface area contributed by atoms with Crippen LogP contribution in [0, 0.1) is 23.2 Å². The van der Waals surface area contributed by atoms with Crippen LogP contribution in [0.15, 0.2) is 0 Å². The Balaban J connectivity index is 1.79. The molecule has 4 rings (SSSR count).